The number of nitrogens with one attached hydrogen (secondary N) is 1. The normalized spacial score (nSPS) is 15.2. The van der Waals surface area contributed by atoms with Crippen molar-refractivity contribution in [2.45, 2.75) is 29.8 Å². The zero-order chi connectivity index (χ0) is 27.1. The highest BCUT2D eigenvalue weighted by molar-refractivity contribution is 7.92. The van der Waals surface area contributed by atoms with Crippen molar-refractivity contribution >= 4 is 16.0 Å². The van der Waals surface area contributed by atoms with Crippen molar-refractivity contribution in [2.24, 2.45) is 0 Å². The molecule has 0 saturated carbocycles. The van der Waals surface area contributed by atoms with Crippen LogP contribution in [-0.2, 0) is 22.6 Å². The number of sulfonamides is 1. The van der Waals surface area contributed by atoms with Gasteiger partial charge in [-0.15, -0.1) is 0 Å². The maximum absolute atomic E-state index is 13.9. The molecule has 11 heteroatoms. The smallest absolute Gasteiger partial charge is 0.416 e. The molecular formula is C27H21F4N3O3S. The van der Waals surface area contributed by atoms with E-state index in [1.807, 2.05) is 0 Å². The summed E-state index contributed by atoms with van der Waals surface area (Å²) in [6.45, 7) is 0. The Morgan fingerprint density at radius 2 is 1.68 bits per heavy atom. The summed E-state index contributed by atoms with van der Waals surface area (Å²) < 4.78 is 88.1. The third-order valence-electron chi connectivity index (χ3n) is 6.50. The van der Waals surface area contributed by atoms with Gasteiger partial charge in [0.1, 0.15) is 11.6 Å². The molecule has 0 amide bonds. The van der Waals surface area contributed by atoms with Crippen molar-refractivity contribution in [3.05, 3.63) is 101 Å². The van der Waals surface area contributed by atoms with Crippen LogP contribution in [0.25, 0.3) is 11.1 Å². The maximum atomic E-state index is 13.9. The zero-order valence-electron chi connectivity index (χ0n) is 20.0. The molecule has 5 rings (SSSR count). The van der Waals surface area contributed by atoms with Gasteiger partial charge in [0.15, 0.2) is 0 Å². The van der Waals surface area contributed by atoms with Crippen LogP contribution in [0.2, 0.25) is 0 Å². The second kappa shape index (κ2) is 9.71. The molecule has 0 fully saturated rings. The number of halogens is 4. The lowest BCUT2D eigenvalue weighted by Crippen LogP contribution is -2.15. The van der Waals surface area contributed by atoms with Gasteiger partial charge in [-0.1, -0.05) is 12.1 Å². The summed E-state index contributed by atoms with van der Waals surface area (Å²) in [6, 6.07) is 13.4. The first-order valence-electron chi connectivity index (χ1n) is 11.5. The van der Waals surface area contributed by atoms with Crippen LogP contribution in [0.1, 0.15) is 34.6 Å². The van der Waals surface area contributed by atoms with Crippen LogP contribution in [0.4, 0.5) is 23.5 Å². The van der Waals surface area contributed by atoms with Crippen LogP contribution in [0, 0.1) is 5.82 Å². The van der Waals surface area contributed by atoms with E-state index in [1.165, 1.54) is 43.8 Å². The van der Waals surface area contributed by atoms with E-state index >= 15 is 0 Å². The Kier molecular flexibility index (Phi) is 6.56. The van der Waals surface area contributed by atoms with Crippen LogP contribution < -0.4 is 9.46 Å². The number of methoxy groups -OCH3 is 1. The van der Waals surface area contributed by atoms with Gasteiger partial charge in [-0.2, -0.15) is 13.2 Å². The van der Waals surface area contributed by atoms with E-state index in [0.717, 1.165) is 29.3 Å². The van der Waals surface area contributed by atoms with Crippen LogP contribution in [0.5, 0.6) is 5.75 Å². The predicted octanol–water partition coefficient (Wildman–Crippen LogP) is 6.19. The maximum Gasteiger partial charge on any atom is 0.416 e. The number of nitrogens with zero attached hydrogens (tertiary/aromatic N) is 2. The number of ether oxygens (including phenoxy) is 1. The van der Waals surface area contributed by atoms with Gasteiger partial charge in [0, 0.05) is 29.9 Å². The fraction of sp³-hybridized carbons (Fsp3) is 0.185. The summed E-state index contributed by atoms with van der Waals surface area (Å²) in [5.74, 6) is -0.833. The monoisotopic (exact) mass is 543 g/mol. The summed E-state index contributed by atoms with van der Waals surface area (Å²) in [4.78, 5) is 7.79. The lowest BCUT2D eigenvalue weighted by molar-refractivity contribution is -0.137. The lowest BCUT2D eigenvalue weighted by atomic mass is 9.85. The third kappa shape index (κ3) is 4.93. The van der Waals surface area contributed by atoms with Gasteiger partial charge in [-0.05, 0) is 77.6 Å². The van der Waals surface area contributed by atoms with Crippen molar-refractivity contribution in [2.75, 3.05) is 11.8 Å². The third-order valence-corrected chi connectivity index (χ3v) is 7.83. The molecule has 38 heavy (non-hydrogen) atoms. The molecule has 0 bridgehead atoms. The molecule has 0 aliphatic heterocycles. The predicted molar refractivity (Wildman–Crippen MR) is 133 cm³/mol. The minimum absolute atomic E-state index is 0.0252. The van der Waals surface area contributed by atoms with Crippen molar-refractivity contribution in [1.82, 2.24) is 9.97 Å². The Bertz CT molecular complexity index is 1610. The molecule has 1 heterocycles. The number of benzene rings is 3. The summed E-state index contributed by atoms with van der Waals surface area (Å²) in [5.41, 5.74) is 1.94. The number of anilines is 1. The van der Waals surface area contributed by atoms with Gasteiger partial charge in [0.05, 0.1) is 17.6 Å². The van der Waals surface area contributed by atoms with Gasteiger partial charge in [-0.3, -0.25) is 0 Å². The molecule has 0 radical (unpaired) electrons. The standard InChI is InChI=1S/C27H21F4N3O3S/c1-37-25-15-18(28)5-9-23(25)24-14-17(27(29,30)31)4-8-22(24)21-7-3-16-13-19(6-10-20(16)21)38(35,36)34-26-32-11-2-12-33-26/h2,4-6,8-15,21H,3,7H2,1H3,(H,32,33,34). The van der Waals surface area contributed by atoms with Crippen molar-refractivity contribution < 1.29 is 30.7 Å². The molecule has 1 aliphatic rings. The first kappa shape index (κ1) is 25.7. The van der Waals surface area contributed by atoms with Crippen molar-refractivity contribution in [3.8, 4) is 16.9 Å². The fourth-order valence-electron chi connectivity index (χ4n) is 4.77. The van der Waals surface area contributed by atoms with Crippen molar-refractivity contribution in [1.29, 1.82) is 0 Å². The molecular weight excluding hydrogens is 522 g/mol. The summed E-state index contributed by atoms with van der Waals surface area (Å²) >= 11 is 0. The van der Waals surface area contributed by atoms with Crippen molar-refractivity contribution in [3.63, 3.8) is 0 Å². The molecule has 1 unspecified atom stereocenters. The molecule has 0 spiro atoms. The highest BCUT2D eigenvalue weighted by atomic mass is 32.2. The van der Waals surface area contributed by atoms with Crippen LogP contribution in [0.3, 0.4) is 0 Å². The average Bonchev–Trinajstić information content (AvgIpc) is 3.31. The summed E-state index contributed by atoms with van der Waals surface area (Å²) in [5, 5.41) is 0. The number of alkyl halides is 3. The second-order valence-electron chi connectivity index (χ2n) is 8.77. The van der Waals surface area contributed by atoms with E-state index in [1.54, 1.807) is 18.2 Å². The number of hydrogen-bond acceptors (Lipinski definition) is 5. The lowest BCUT2D eigenvalue weighted by Gasteiger charge is -2.21. The highest BCUT2D eigenvalue weighted by Gasteiger charge is 2.34. The Labute approximate surface area is 216 Å². The van der Waals surface area contributed by atoms with E-state index in [4.69, 9.17) is 4.74 Å². The van der Waals surface area contributed by atoms with E-state index in [9.17, 15) is 26.0 Å². The van der Waals surface area contributed by atoms with Crippen LogP contribution >= 0.6 is 0 Å². The molecule has 0 saturated heterocycles. The largest absolute Gasteiger partial charge is 0.496 e. The zero-order valence-corrected chi connectivity index (χ0v) is 20.8. The topological polar surface area (TPSA) is 81.2 Å². The number of hydrogen-bond donors (Lipinski definition) is 1. The Balaban J connectivity index is 1.57. The Morgan fingerprint density at radius 1 is 0.947 bits per heavy atom. The number of rotatable bonds is 6. The van der Waals surface area contributed by atoms with Gasteiger partial charge >= 0.3 is 6.18 Å². The van der Waals surface area contributed by atoms with Gasteiger partial charge in [0.2, 0.25) is 5.95 Å². The minimum atomic E-state index is -4.58. The number of aromatic nitrogens is 2. The van der Waals surface area contributed by atoms with Gasteiger partial charge in [0.25, 0.3) is 10.0 Å². The molecule has 1 atom stereocenters. The second-order valence-corrected chi connectivity index (χ2v) is 10.5. The highest BCUT2D eigenvalue weighted by Crippen LogP contribution is 2.46. The SMILES string of the molecule is COc1cc(F)ccc1-c1cc(C(F)(F)F)ccc1C1CCc2cc(S(=O)(=O)Nc3ncccn3)ccc21. The molecule has 1 aromatic heterocycles. The average molecular weight is 544 g/mol. The van der Waals surface area contributed by atoms with E-state index in [2.05, 4.69) is 14.7 Å². The van der Waals surface area contributed by atoms with Crippen LogP contribution in [-0.4, -0.2) is 25.5 Å². The molecule has 6 nitrogen and oxygen atoms in total. The molecule has 4 aromatic rings. The molecule has 196 valence electrons. The molecule has 1 N–H and O–H groups in total. The van der Waals surface area contributed by atoms with E-state index in [0.29, 0.717) is 24.0 Å². The quantitative estimate of drug-likeness (QED) is 0.294. The fourth-order valence-corrected chi connectivity index (χ4v) is 5.78. The summed E-state index contributed by atoms with van der Waals surface area (Å²) in [6.07, 6.45) is -0.680. The van der Waals surface area contributed by atoms with E-state index in [-0.39, 0.29) is 28.1 Å². The Hall–Kier alpha value is -3.99. The molecule has 1 aliphatic carbocycles. The summed E-state index contributed by atoms with van der Waals surface area (Å²) in [7, 11) is -2.63. The molecule has 3 aromatic carbocycles. The van der Waals surface area contributed by atoms with Gasteiger partial charge in [-0.25, -0.2) is 27.5 Å². The Morgan fingerprint density at radius 3 is 2.39 bits per heavy atom. The van der Waals surface area contributed by atoms with Crippen LogP contribution in [0.15, 0.2) is 78.0 Å². The first-order valence-corrected chi connectivity index (χ1v) is 13.0. The van der Waals surface area contributed by atoms with E-state index < -0.39 is 27.6 Å². The number of aryl methyl sites for hydroxylation is 1. The minimum Gasteiger partial charge on any atom is -0.496 e. The first-order chi connectivity index (χ1) is 18.1. The number of fused-ring (bicyclic) bond motifs is 1. The van der Waals surface area contributed by atoms with Gasteiger partial charge < -0.3 is 4.74 Å².